The van der Waals surface area contributed by atoms with Crippen molar-refractivity contribution in [2.24, 2.45) is 5.92 Å². The molecule has 0 atom stereocenters. The molecular formula is C17H24O2. The van der Waals surface area contributed by atoms with Crippen LogP contribution in [-0.2, 0) is 22.4 Å². The molecule has 0 saturated carbocycles. The number of hydrogen-bond acceptors (Lipinski definition) is 2. The van der Waals surface area contributed by atoms with Crippen molar-refractivity contribution in [2.45, 2.75) is 52.9 Å². The fourth-order valence-corrected chi connectivity index (χ4v) is 1.90. The average Bonchev–Trinajstić information content (AvgIpc) is 2.40. The van der Waals surface area contributed by atoms with E-state index < -0.39 is 0 Å². The van der Waals surface area contributed by atoms with Crippen LogP contribution in [0.4, 0.5) is 0 Å². The largest absolute Gasteiger partial charge is 0.300 e. The molecule has 104 valence electrons. The summed E-state index contributed by atoms with van der Waals surface area (Å²) in [6, 6.07) is 8.19. The molecule has 0 aliphatic rings. The Labute approximate surface area is 116 Å². The van der Waals surface area contributed by atoms with Crippen LogP contribution in [0.5, 0.6) is 0 Å². The predicted molar refractivity (Wildman–Crippen MR) is 78.2 cm³/mol. The van der Waals surface area contributed by atoms with E-state index in [9.17, 15) is 9.59 Å². The van der Waals surface area contributed by atoms with Gasteiger partial charge < -0.3 is 0 Å². The number of aryl methyl sites for hydroxylation is 1. The molecule has 0 amide bonds. The Hall–Kier alpha value is -1.44. The van der Waals surface area contributed by atoms with Crippen molar-refractivity contribution in [3.8, 4) is 0 Å². The van der Waals surface area contributed by atoms with Crippen molar-refractivity contribution in [1.29, 1.82) is 0 Å². The molecule has 1 aromatic carbocycles. The summed E-state index contributed by atoms with van der Waals surface area (Å²) in [7, 11) is 0. The van der Waals surface area contributed by atoms with Gasteiger partial charge >= 0.3 is 0 Å². The normalized spacial score (nSPS) is 10.7. The number of carbonyl (C=O) groups excluding carboxylic acids is 2. The summed E-state index contributed by atoms with van der Waals surface area (Å²) in [5.41, 5.74) is 2.32. The van der Waals surface area contributed by atoms with Gasteiger partial charge in [0.1, 0.15) is 11.6 Å². The van der Waals surface area contributed by atoms with E-state index in [4.69, 9.17) is 0 Å². The van der Waals surface area contributed by atoms with Crippen molar-refractivity contribution in [1.82, 2.24) is 0 Å². The highest BCUT2D eigenvalue weighted by Gasteiger charge is 2.08. The van der Waals surface area contributed by atoms with Crippen LogP contribution < -0.4 is 0 Å². The third kappa shape index (κ3) is 5.82. The molecule has 1 rings (SSSR count). The van der Waals surface area contributed by atoms with Gasteiger partial charge in [-0.2, -0.15) is 0 Å². The van der Waals surface area contributed by atoms with Crippen LogP contribution in [0.25, 0.3) is 0 Å². The molecule has 0 spiro atoms. The van der Waals surface area contributed by atoms with Crippen molar-refractivity contribution in [2.75, 3.05) is 0 Å². The highest BCUT2D eigenvalue weighted by molar-refractivity contribution is 5.82. The van der Waals surface area contributed by atoms with Gasteiger partial charge in [-0.3, -0.25) is 9.59 Å². The summed E-state index contributed by atoms with van der Waals surface area (Å²) in [6.07, 6.45) is 3.67. The van der Waals surface area contributed by atoms with Gasteiger partial charge in [-0.05, 0) is 24.0 Å². The molecule has 0 unspecified atom stereocenters. The first kappa shape index (κ1) is 15.6. The lowest BCUT2D eigenvalue weighted by atomic mass is 9.99. The van der Waals surface area contributed by atoms with Crippen LogP contribution in [0, 0.1) is 5.92 Å². The smallest absolute Gasteiger partial charge is 0.139 e. The Bertz CT molecular complexity index is 415. The van der Waals surface area contributed by atoms with Crippen molar-refractivity contribution in [3.63, 3.8) is 0 Å². The first-order valence-electron chi connectivity index (χ1n) is 7.15. The van der Waals surface area contributed by atoms with Gasteiger partial charge in [-0.25, -0.2) is 0 Å². The van der Waals surface area contributed by atoms with Crippen molar-refractivity contribution in [3.05, 3.63) is 35.4 Å². The molecule has 19 heavy (non-hydrogen) atoms. The minimum atomic E-state index is 0.0970. The second-order valence-corrected chi connectivity index (χ2v) is 5.36. The van der Waals surface area contributed by atoms with Crippen LogP contribution in [0.3, 0.4) is 0 Å². The summed E-state index contributed by atoms with van der Waals surface area (Å²) in [5, 5.41) is 0. The van der Waals surface area contributed by atoms with Crippen molar-refractivity contribution < 1.29 is 9.59 Å². The minimum absolute atomic E-state index is 0.0970. The molecule has 0 aliphatic carbocycles. The van der Waals surface area contributed by atoms with Crippen molar-refractivity contribution >= 4 is 11.6 Å². The number of Topliss-reactive ketones (excluding diaryl/α,β-unsaturated/α-hetero) is 2. The fraction of sp³-hybridized carbons (Fsp3) is 0.529. The topological polar surface area (TPSA) is 34.1 Å². The quantitative estimate of drug-likeness (QED) is 0.713. The Kier molecular flexibility index (Phi) is 6.48. The second kappa shape index (κ2) is 7.88. The Morgan fingerprint density at radius 3 is 2.16 bits per heavy atom. The molecule has 2 heteroatoms. The molecule has 0 aliphatic heterocycles. The Morgan fingerprint density at radius 1 is 1.05 bits per heavy atom. The minimum Gasteiger partial charge on any atom is -0.300 e. The molecule has 0 radical (unpaired) electrons. The van der Waals surface area contributed by atoms with Crippen LogP contribution in [0.2, 0.25) is 0 Å². The molecule has 0 bridgehead atoms. The zero-order valence-electron chi connectivity index (χ0n) is 12.2. The highest BCUT2D eigenvalue weighted by atomic mass is 16.1. The lowest BCUT2D eigenvalue weighted by Crippen LogP contribution is -2.10. The summed E-state index contributed by atoms with van der Waals surface area (Å²) in [6.45, 7) is 5.77. The predicted octanol–water partition coefficient (Wildman–Crippen LogP) is 3.76. The average molecular weight is 260 g/mol. The van der Waals surface area contributed by atoms with E-state index in [1.54, 1.807) is 0 Å². The zero-order valence-corrected chi connectivity index (χ0v) is 12.2. The molecule has 0 fully saturated rings. The number of benzene rings is 1. The first-order valence-corrected chi connectivity index (χ1v) is 7.15. The van der Waals surface area contributed by atoms with Gasteiger partial charge in [0.15, 0.2) is 0 Å². The fourth-order valence-electron chi connectivity index (χ4n) is 1.90. The summed E-state index contributed by atoms with van der Waals surface area (Å²) in [4.78, 5) is 22.8. The molecule has 0 heterocycles. The third-order valence-electron chi connectivity index (χ3n) is 3.36. The van der Waals surface area contributed by atoms with Gasteiger partial charge in [0.2, 0.25) is 0 Å². The van der Waals surface area contributed by atoms with E-state index in [-0.39, 0.29) is 11.7 Å². The molecule has 0 N–H and O–H groups in total. The number of rotatable bonds is 8. The van der Waals surface area contributed by atoms with E-state index in [0.717, 1.165) is 18.4 Å². The van der Waals surface area contributed by atoms with Gasteiger partial charge in [-0.15, -0.1) is 0 Å². The van der Waals surface area contributed by atoms with Crippen LogP contribution in [0.1, 0.15) is 51.2 Å². The van der Waals surface area contributed by atoms with Gasteiger partial charge in [0, 0.05) is 25.2 Å². The van der Waals surface area contributed by atoms with E-state index in [1.807, 2.05) is 32.9 Å². The maximum atomic E-state index is 11.6. The number of ketones is 2. The van der Waals surface area contributed by atoms with E-state index >= 15 is 0 Å². The van der Waals surface area contributed by atoms with Crippen LogP contribution in [-0.4, -0.2) is 11.6 Å². The first-order chi connectivity index (χ1) is 9.02. The maximum absolute atomic E-state index is 11.6. The second-order valence-electron chi connectivity index (χ2n) is 5.36. The van der Waals surface area contributed by atoms with Crippen LogP contribution >= 0.6 is 0 Å². The van der Waals surface area contributed by atoms with E-state index in [2.05, 4.69) is 12.1 Å². The zero-order chi connectivity index (χ0) is 14.3. The summed E-state index contributed by atoms with van der Waals surface area (Å²) in [5.74, 6) is 0.708. The molecular weight excluding hydrogens is 236 g/mol. The monoisotopic (exact) mass is 260 g/mol. The van der Waals surface area contributed by atoms with Crippen LogP contribution in [0.15, 0.2) is 24.3 Å². The molecule has 0 saturated heterocycles. The summed E-state index contributed by atoms with van der Waals surface area (Å²) < 4.78 is 0. The van der Waals surface area contributed by atoms with E-state index in [0.29, 0.717) is 25.0 Å². The number of hydrogen-bond donors (Lipinski definition) is 0. The standard InChI is InChI=1S/C17H24O2/c1-4-16(18)7-5-6-14-8-10-15(11-9-14)12-17(19)13(2)3/h8-11,13H,4-7,12H2,1-3H3. The van der Waals surface area contributed by atoms with Gasteiger partial charge in [0.25, 0.3) is 0 Å². The Morgan fingerprint density at radius 2 is 1.63 bits per heavy atom. The SMILES string of the molecule is CCC(=O)CCCc1ccc(CC(=O)C(C)C)cc1. The lowest BCUT2D eigenvalue weighted by molar-refractivity contribution is -0.121. The molecule has 1 aromatic rings. The molecule has 2 nitrogen and oxygen atoms in total. The van der Waals surface area contributed by atoms with Gasteiger partial charge in [0.05, 0.1) is 0 Å². The Balaban J connectivity index is 2.43. The third-order valence-corrected chi connectivity index (χ3v) is 3.36. The number of carbonyl (C=O) groups is 2. The summed E-state index contributed by atoms with van der Waals surface area (Å²) >= 11 is 0. The van der Waals surface area contributed by atoms with Gasteiger partial charge in [-0.1, -0.05) is 45.0 Å². The van der Waals surface area contributed by atoms with E-state index in [1.165, 1.54) is 5.56 Å². The highest BCUT2D eigenvalue weighted by Crippen LogP contribution is 2.11. The molecule has 0 aromatic heterocycles. The maximum Gasteiger partial charge on any atom is 0.139 e. The lowest BCUT2D eigenvalue weighted by Gasteiger charge is -2.06.